The highest BCUT2D eigenvalue weighted by atomic mass is 16.5. The van der Waals surface area contributed by atoms with Crippen molar-refractivity contribution in [1.29, 1.82) is 0 Å². The van der Waals surface area contributed by atoms with E-state index < -0.39 is 0 Å². The summed E-state index contributed by atoms with van der Waals surface area (Å²) in [5.41, 5.74) is -0.125. The van der Waals surface area contributed by atoms with E-state index in [4.69, 9.17) is 11.2 Å². The van der Waals surface area contributed by atoms with Gasteiger partial charge in [0, 0.05) is 19.7 Å². The van der Waals surface area contributed by atoms with E-state index in [0.717, 1.165) is 13.2 Å². The zero-order valence-corrected chi connectivity index (χ0v) is 8.84. The molecule has 0 radical (unpaired) electrons. The molecule has 1 heterocycles. The molecule has 1 atom stereocenters. The molecule has 0 aliphatic carbocycles. The van der Waals surface area contributed by atoms with Crippen LogP contribution in [-0.4, -0.2) is 36.7 Å². The molecule has 0 bridgehead atoms. The Bertz CT molecular complexity index is 205. The Morgan fingerprint density at radius 1 is 1.62 bits per heavy atom. The Labute approximate surface area is 81.3 Å². The second-order valence-electron chi connectivity index (χ2n) is 4.15. The Morgan fingerprint density at radius 2 is 2.31 bits per heavy atom. The van der Waals surface area contributed by atoms with Gasteiger partial charge in [-0.05, 0) is 26.7 Å². The lowest BCUT2D eigenvalue weighted by Gasteiger charge is -2.35. The normalized spacial score (nSPS) is 24.6. The predicted octanol–water partition coefficient (Wildman–Crippen LogP) is 1.51. The number of hydrogen-bond donors (Lipinski definition) is 0. The SMILES string of the molecule is C#CC(C)(C)N1CCCC1COC. The van der Waals surface area contributed by atoms with E-state index >= 15 is 0 Å². The van der Waals surface area contributed by atoms with Crippen LogP contribution in [0, 0.1) is 12.3 Å². The molecule has 1 rings (SSSR count). The summed E-state index contributed by atoms with van der Waals surface area (Å²) in [5.74, 6) is 2.84. The molecular formula is C11H19NO. The van der Waals surface area contributed by atoms with Gasteiger partial charge < -0.3 is 4.74 Å². The number of hydrogen-bond acceptors (Lipinski definition) is 2. The fraction of sp³-hybridized carbons (Fsp3) is 0.818. The Morgan fingerprint density at radius 3 is 2.85 bits per heavy atom. The summed E-state index contributed by atoms with van der Waals surface area (Å²) < 4.78 is 5.19. The summed E-state index contributed by atoms with van der Waals surface area (Å²) in [6.45, 7) is 6.10. The van der Waals surface area contributed by atoms with Gasteiger partial charge in [0.05, 0.1) is 12.1 Å². The van der Waals surface area contributed by atoms with E-state index in [2.05, 4.69) is 24.7 Å². The highest BCUT2D eigenvalue weighted by molar-refractivity contribution is 5.10. The molecule has 2 heteroatoms. The molecule has 1 fully saturated rings. The van der Waals surface area contributed by atoms with Crippen molar-refractivity contribution >= 4 is 0 Å². The van der Waals surface area contributed by atoms with E-state index in [9.17, 15) is 0 Å². The van der Waals surface area contributed by atoms with Crippen LogP contribution in [0.15, 0.2) is 0 Å². The summed E-state index contributed by atoms with van der Waals surface area (Å²) in [4.78, 5) is 2.37. The van der Waals surface area contributed by atoms with Crippen molar-refractivity contribution < 1.29 is 4.74 Å². The summed E-state index contributed by atoms with van der Waals surface area (Å²) in [5, 5.41) is 0. The molecule has 1 unspecified atom stereocenters. The average molecular weight is 181 g/mol. The largest absolute Gasteiger partial charge is 0.383 e. The van der Waals surface area contributed by atoms with Crippen LogP contribution in [0.2, 0.25) is 0 Å². The molecule has 0 N–H and O–H groups in total. The summed E-state index contributed by atoms with van der Waals surface area (Å²) in [6, 6.07) is 0.510. The topological polar surface area (TPSA) is 12.5 Å². The average Bonchev–Trinajstić information content (AvgIpc) is 2.54. The third kappa shape index (κ3) is 2.24. The zero-order valence-electron chi connectivity index (χ0n) is 8.84. The van der Waals surface area contributed by atoms with Crippen LogP contribution in [0.4, 0.5) is 0 Å². The van der Waals surface area contributed by atoms with Gasteiger partial charge in [-0.2, -0.15) is 0 Å². The maximum atomic E-state index is 5.51. The quantitative estimate of drug-likeness (QED) is 0.612. The second-order valence-corrected chi connectivity index (χ2v) is 4.15. The molecule has 1 aliphatic rings. The number of methoxy groups -OCH3 is 1. The number of ether oxygens (including phenoxy) is 1. The fourth-order valence-electron chi connectivity index (χ4n) is 2.02. The monoisotopic (exact) mass is 181 g/mol. The molecule has 0 amide bonds. The molecule has 0 aromatic rings. The lowest BCUT2D eigenvalue weighted by molar-refractivity contribution is 0.0766. The van der Waals surface area contributed by atoms with Crippen molar-refractivity contribution in [1.82, 2.24) is 4.90 Å². The zero-order chi connectivity index (χ0) is 9.90. The third-order valence-electron chi connectivity index (χ3n) is 2.81. The maximum Gasteiger partial charge on any atom is 0.0769 e. The molecule has 13 heavy (non-hydrogen) atoms. The first-order chi connectivity index (χ1) is 6.11. The van der Waals surface area contributed by atoms with Gasteiger partial charge >= 0.3 is 0 Å². The minimum absolute atomic E-state index is 0.125. The molecule has 0 aromatic heterocycles. The van der Waals surface area contributed by atoms with Crippen molar-refractivity contribution in [2.24, 2.45) is 0 Å². The van der Waals surface area contributed by atoms with Gasteiger partial charge in [0.25, 0.3) is 0 Å². The Kier molecular flexibility index (Phi) is 3.35. The van der Waals surface area contributed by atoms with Crippen molar-refractivity contribution in [3.05, 3.63) is 0 Å². The van der Waals surface area contributed by atoms with Gasteiger partial charge in [-0.15, -0.1) is 6.42 Å². The maximum absolute atomic E-state index is 5.51. The molecule has 0 saturated carbocycles. The smallest absolute Gasteiger partial charge is 0.0769 e. The number of rotatable bonds is 3. The first-order valence-corrected chi connectivity index (χ1v) is 4.85. The third-order valence-corrected chi connectivity index (χ3v) is 2.81. The lowest BCUT2D eigenvalue weighted by Crippen LogP contribution is -2.47. The van der Waals surface area contributed by atoms with Gasteiger partial charge in [-0.3, -0.25) is 4.90 Å². The summed E-state index contributed by atoms with van der Waals surface area (Å²) in [6.07, 6.45) is 7.95. The van der Waals surface area contributed by atoms with E-state index in [1.807, 2.05) is 0 Å². The summed E-state index contributed by atoms with van der Waals surface area (Å²) in [7, 11) is 1.75. The predicted molar refractivity (Wildman–Crippen MR) is 54.5 cm³/mol. The van der Waals surface area contributed by atoms with E-state index in [-0.39, 0.29) is 5.54 Å². The van der Waals surface area contributed by atoms with Crippen LogP contribution in [-0.2, 0) is 4.74 Å². The minimum atomic E-state index is -0.125. The molecule has 0 aromatic carbocycles. The first kappa shape index (κ1) is 10.6. The van der Waals surface area contributed by atoms with E-state index in [1.54, 1.807) is 7.11 Å². The number of nitrogens with zero attached hydrogens (tertiary/aromatic N) is 1. The lowest BCUT2D eigenvalue weighted by atomic mass is 10.0. The number of terminal acetylenes is 1. The molecule has 74 valence electrons. The van der Waals surface area contributed by atoms with Crippen LogP contribution in [0.3, 0.4) is 0 Å². The van der Waals surface area contributed by atoms with E-state index in [0.29, 0.717) is 6.04 Å². The molecule has 0 spiro atoms. The van der Waals surface area contributed by atoms with Gasteiger partial charge in [-0.25, -0.2) is 0 Å². The Balaban J connectivity index is 2.63. The van der Waals surface area contributed by atoms with Crippen molar-refractivity contribution in [3.63, 3.8) is 0 Å². The fourth-order valence-corrected chi connectivity index (χ4v) is 2.02. The van der Waals surface area contributed by atoms with Crippen LogP contribution < -0.4 is 0 Å². The first-order valence-electron chi connectivity index (χ1n) is 4.85. The van der Waals surface area contributed by atoms with Crippen molar-refractivity contribution in [3.8, 4) is 12.3 Å². The highest BCUT2D eigenvalue weighted by Gasteiger charge is 2.34. The van der Waals surface area contributed by atoms with Crippen LogP contribution in [0.5, 0.6) is 0 Å². The van der Waals surface area contributed by atoms with Gasteiger partial charge in [-0.1, -0.05) is 5.92 Å². The molecular weight excluding hydrogens is 162 g/mol. The van der Waals surface area contributed by atoms with Crippen LogP contribution in [0.1, 0.15) is 26.7 Å². The minimum Gasteiger partial charge on any atom is -0.383 e. The number of likely N-dealkylation sites (tertiary alicyclic amines) is 1. The van der Waals surface area contributed by atoms with Gasteiger partial charge in [0.15, 0.2) is 0 Å². The van der Waals surface area contributed by atoms with Gasteiger partial charge in [0.2, 0.25) is 0 Å². The molecule has 1 aliphatic heterocycles. The van der Waals surface area contributed by atoms with Crippen molar-refractivity contribution in [2.45, 2.75) is 38.3 Å². The highest BCUT2D eigenvalue weighted by Crippen LogP contribution is 2.26. The Hall–Kier alpha value is -0.520. The molecule has 2 nitrogen and oxygen atoms in total. The van der Waals surface area contributed by atoms with E-state index in [1.165, 1.54) is 12.8 Å². The van der Waals surface area contributed by atoms with Crippen LogP contribution >= 0.6 is 0 Å². The second kappa shape index (κ2) is 4.13. The molecule has 1 saturated heterocycles. The van der Waals surface area contributed by atoms with Crippen molar-refractivity contribution in [2.75, 3.05) is 20.3 Å². The standard InChI is InChI=1S/C11H19NO/c1-5-11(2,3)12-8-6-7-10(12)9-13-4/h1,10H,6-9H2,2-4H3. The van der Waals surface area contributed by atoms with Gasteiger partial charge in [0.1, 0.15) is 0 Å². The summed E-state index contributed by atoms with van der Waals surface area (Å²) >= 11 is 0. The van der Waals surface area contributed by atoms with Crippen LogP contribution in [0.25, 0.3) is 0 Å².